The molecule has 0 amide bonds. The molecule has 0 aliphatic carbocycles. The largest absolute Gasteiger partial charge is 0.462 e. The molecule has 1 atom stereocenters. The van der Waals surface area contributed by atoms with Crippen LogP contribution in [0.5, 0.6) is 0 Å². The van der Waals surface area contributed by atoms with Crippen molar-refractivity contribution in [2.75, 3.05) is 13.2 Å². The molecule has 0 rings (SSSR count). The van der Waals surface area contributed by atoms with Gasteiger partial charge in [-0.3, -0.25) is 14.4 Å². The van der Waals surface area contributed by atoms with Gasteiger partial charge in [-0.25, -0.2) is 0 Å². The molecule has 6 heteroatoms. The van der Waals surface area contributed by atoms with Crippen LogP contribution in [-0.2, 0) is 28.6 Å². The van der Waals surface area contributed by atoms with Crippen LogP contribution < -0.4 is 0 Å². The molecule has 0 bridgehead atoms. The van der Waals surface area contributed by atoms with E-state index in [0.717, 1.165) is 64.2 Å². The highest BCUT2D eigenvalue weighted by atomic mass is 16.6. The van der Waals surface area contributed by atoms with Crippen molar-refractivity contribution in [3.63, 3.8) is 0 Å². The van der Waals surface area contributed by atoms with E-state index in [-0.39, 0.29) is 37.5 Å². The van der Waals surface area contributed by atoms with Crippen LogP contribution >= 0.6 is 0 Å². The van der Waals surface area contributed by atoms with Gasteiger partial charge in [-0.1, -0.05) is 274 Å². The standard InChI is InChI=1S/C61H108O6/c1-4-7-10-13-16-19-22-24-26-28-30-32-34-36-39-42-45-48-51-54-60(63)66-57-58(56-65-59(62)53-50-47-44-41-38-21-18-15-12-9-6-3)67-61(64)55-52-49-46-43-40-37-35-33-31-29-27-25-23-20-17-14-11-8-5-2/h16,19,24,26,30,32,36,39,45,48,58H,4-15,17-18,20-23,25,27-29,31,33-35,37-38,40-44,46-47,49-57H2,1-3H3/b19-16-,26-24-,32-30-,39-36-,48-45-/t58-/m0/s1. The first-order chi connectivity index (χ1) is 33.0. The van der Waals surface area contributed by atoms with Crippen LogP contribution in [0, 0.1) is 0 Å². The maximum Gasteiger partial charge on any atom is 0.306 e. The summed E-state index contributed by atoms with van der Waals surface area (Å²) >= 11 is 0. The van der Waals surface area contributed by atoms with E-state index >= 15 is 0 Å². The zero-order valence-corrected chi connectivity index (χ0v) is 44.4. The summed E-state index contributed by atoms with van der Waals surface area (Å²) < 4.78 is 16.8. The van der Waals surface area contributed by atoms with Gasteiger partial charge in [-0.05, 0) is 57.8 Å². The van der Waals surface area contributed by atoms with E-state index in [1.54, 1.807) is 0 Å². The number of rotatable bonds is 52. The molecule has 0 N–H and O–H groups in total. The average molecular weight is 938 g/mol. The summed E-state index contributed by atoms with van der Waals surface area (Å²) in [5.41, 5.74) is 0. The quantitative estimate of drug-likeness (QED) is 0.0262. The lowest BCUT2D eigenvalue weighted by atomic mass is 10.0. The fourth-order valence-electron chi connectivity index (χ4n) is 8.19. The second kappa shape index (κ2) is 55.7. The first-order valence-corrected chi connectivity index (χ1v) is 28.8. The lowest BCUT2D eigenvalue weighted by molar-refractivity contribution is -0.166. The van der Waals surface area contributed by atoms with E-state index in [1.807, 2.05) is 6.08 Å². The third kappa shape index (κ3) is 53.9. The molecule has 0 aliphatic heterocycles. The van der Waals surface area contributed by atoms with Crippen molar-refractivity contribution in [3.05, 3.63) is 60.8 Å². The normalized spacial score (nSPS) is 12.5. The molecule has 0 unspecified atom stereocenters. The number of hydrogen-bond acceptors (Lipinski definition) is 6. The minimum absolute atomic E-state index is 0.0932. The lowest BCUT2D eigenvalue weighted by Crippen LogP contribution is -2.30. The van der Waals surface area contributed by atoms with Crippen molar-refractivity contribution in [2.45, 2.75) is 297 Å². The fraction of sp³-hybridized carbons (Fsp3) is 0.787. The average Bonchev–Trinajstić information content (AvgIpc) is 3.33. The highest BCUT2D eigenvalue weighted by molar-refractivity contribution is 5.71. The zero-order chi connectivity index (χ0) is 48.6. The lowest BCUT2D eigenvalue weighted by Gasteiger charge is -2.18. The summed E-state index contributed by atoms with van der Waals surface area (Å²) in [6.07, 6.45) is 69.4. The molecule has 67 heavy (non-hydrogen) atoms. The van der Waals surface area contributed by atoms with Gasteiger partial charge in [0, 0.05) is 19.3 Å². The van der Waals surface area contributed by atoms with Gasteiger partial charge in [-0.2, -0.15) is 0 Å². The van der Waals surface area contributed by atoms with E-state index < -0.39 is 6.10 Å². The zero-order valence-electron chi connectivity index (χ0n) is 44.4. The Morgan fingerprint density at radius 1 is 0.299 bits per heavy atom. The van der Waals surface area contributed by atoms with Gasteiger partial charge in [-0.15, -0.1) is 0 Å². The van der Waals surface area contributed by atoms with Crippen LogP contribution in [0.3, 0.4) is 0 Å². The van der Waals surface area contributed by atoms with Crippen LogP contribution in [0.15, 0.2) is 60.8 Å². The summed E-state index contributed by atoms with van der Waals surface area (Å²) in [6.45, 7) is 6.57. The molecule has 388 valence electrons. The van der Waals surface area contributed by atoms with Gasteiger partial charge < -0.3 is 14.2 Å². The molecule has 0 spiro atoms. The SMILES string of the molecule is CCCCC/C=C\C/C=C\C/C=C\C/C=C\C/C=C\CCC(=O)OC[C@H](COC(=O)CCCCCCCCCCCCC)OC(=O)CCCCCCCCCCCCCCCCCCCCC. The van der Waals surface area contributed by atoms with Crippen LogP contribution in [0.1, 0.15) is 290 Å². The van der Waals surface area contributed by atoms with Crippen molar-refractivity contribution in [2.24, 2.45) is 0 Å². The summed E-state index contributed by atoms with van der Waals surface area (Å²) in [4.78, 5) is 38.1. The third-order valence-electron chi connectivity index (χ3n) is 12.5. The maximum atomic E-state index is 12.8. The van der Waals surface area contributed by atoms with E-state index in [1.165, 1.54) is 180 Å². The molecule has 0 aliphatic rings. The minimum Gasteiger partial charge on any atom is -0.462 e. The number of unbranched alkanes of at least 4 members (excludes halogenated alkanes) is 31. The highest BCUT2D eigenvalue weighted by Crippen LogP contribution is 2.16. The number of carbonyl (C=O) groups is 3. The van der Waals surface area contributed by atoms with Crippen LogP contribution in [-0.4, -0.2) is 37.2 Å². The number of ether oxygens (including phenoxy) is 3. The van der Waals surface area contributed by atoms with E-state index in [2.05, 4.69) is 75.5 Å². The van der Waals surface area contributed by atoms with Gasteiger partial charge in [0.2, 0.25) is 0 Å². The highest BCUT2D eigenvalue weighted by Gasteiger charge is 2.19. The number of carbonyl (C=O) groups excluding carboxylic acids is 3. The van der Waals surface area contributed by atoms with Gasteiger partial charge in [0.05, 0.1) is 0 Å². The minimum atomic E-state index is -0.800. The van der Waals surface area contributed by atoms with Crippen LogP contribution in [0.2, 0.25) is 0 Å². The summed E-state index contributed by atoms with van der Waals surface area (Å²) in [5, 5.41) is 0. The van der Waals surface area contributed by atoms with Crippen LogP contribution in [0.25, 0.3) is 0 Å². The molecule has 0 saturated heterocycles. The predicted octanol–water partition coefficient (Wildman–Crippen LogP) is 19.2. The van der Waals surface area contributed by atoms with Gasteiger partial charge in [0.1, 0.15) is 13.2 Å². The van der Waals surface area contributed by atoms with Gasteiger partial charge in [0.15, 0.2) is 6.10 Å². The smallest absolute Gasteiger partial charge is 0.306 e. The van der Waals surface area contributed by atoms with E-state index in [0.29, 0.717) is 19.3 Å². The molecule has 0 saturated carbocycles. The third-order valence-corrected chi connectivity index (χ3v) is 12.5. The second-order valence-corrected chi connectivity index (χ2v) is 19.2. The Morgan fingerprint density at radius 3 is 0.925 bits per heavy atom. The molecular weight excluding hydrogens is 829 g/mol. The van der Waals surface area contributed by atoms with Crippen molar-refractivity contribution in [3.8, 4) is 0 Å². The molecule has 0 radical (unpaired) electrons. The first kappa shape index (κ1) is 64.1. The molecule has 0 aromatic rings. The summed E-state index contributed by atoms with van der Waals surface area (Å²) in [7, 11) is 0. The number of hydrogen-bond donors (Lipinski definition) is 0. The Balaban J connectivity index is 4.41. The predicted molar refractivity (Wildman–Crippen MR) is 288 cm³/mol. The van der Waals surface area contributed by atoms with Crippen molar-refractivity contribution in [1.82, 2.24) is 0 Å². The maximum absolute atomic E-state index is 12.8. The molecule has 0 fully saturated rings. The fourth-order valence-corrected chi connectivity index (χ4v) is 8.19. The molecule has 0 aromatic carbocycles. The molecular formula is C61H108O6. The Kier molecular flexibility index (Phi) is 53.3. The Morgan fingerprint density at radius 2 is 0.567 bits per heavy atom. The van der Waals surface area contributed by atoms with Gasteiger partial charge in [0.25, 0.3) is 0 Å². The Bertz CT molecular complexity index is 1210. The topological polar surface area (TPSA) is 78.9 Å². The number of esters is 3. The van der Waals surface area contributed by atoms with E-state index in [9.17, 15) is 14.4 Å². The number of allylic oxidation sites excluding steroid dienone is 10. The van der Waals surface area contributed by atoms with E-state index in [4.69, 9.17) is 14.2 Å². The van der Waals surface area contributed by atoms with Crippen molar-refractivity contribution < 1.29 is 28.6 Å². The van der Waals surface area contributed by atoms with Crippen molar-refractivity contribution >= 4 is 17.9 Å². The van der Waals surface area contributed by atoms with Crippen molar-refractivity contribution in [1.29, 1.82) is 0 Å². The Labute approximate surface area is 415 Å². The summed E-state index contributed by atoms with van der Waals surface area (Å²) in [5.74, 6) is -0.967. The Hall–Kier alpha value is -2.89. The summed E-state index contributed by atoms with van der Waals surface area (Å²) in [6, 6.07) is 0. The van der Waals surface area contributed by atoms with Gasteiger partial charge >= 0.3 is 17.9 Å². The van der Waals surface area contributed by atoms with Crippen LogP contribution in [0.4, 0.5) is 0 Å². The monoisotopic (exact) mass is 937 g/mol. The first-order valence-electron chi connectivity index (χ1n) is 28.8. The molecule has 6 nitrogen and oxygen atoms in total. The molecule has 0 heterocycles. The second-order valence-electron chi connectivity index (χ2n) is 19.2. The molecule has 0 aromatic heterocycles.